The summed E-state index contributed by atoms with van der Waals surface area (Å²) in [4.78, 5) is 17.0. The molecule has 1 amide bonds. The summed E-state index contributed by atoms with van der Waals surface area (Å²) in [6.45, 7) is 8.37. The van der Waals surface area contributed by atoms with Gasteiger partial charge in [0.05, 0.1) is 16.0 Å². The number of thioether (sulfide) groups is 1. The van der Waals surface area contributed by atoms with Crippen LogP contribution in [0.25, 0.3) is 11.4 Å². The first kappa shape index (κ1) is 21.1. The summed E-state index contributed by atoms with van der Waals surface area (Å²) in [5.74, 6) is 0.654. The van der Waals surface area contributed by atoms with Gasteiger partial charge in [-0.3, -0.25) is 14.3 Å². The number of hydrogen-bond acceptors (Lipinski definition) is 5. The van der Waals surface area contributed by atoms with Crippen LogP contribution in [-0.2, 0) is 11.3 Å². The van der Waals surface area contributed by atoms with Crippen molar-refractivity contribution in [3.8, 4) is 11.4 Å². The van der Waals surface area contributed by atoms with Crippen molar-refractivity contribution in [2.75, 3.05) is 5.32 Å². The van der Waals surface area contributed by atoms with E-state index in [0.717, 1.165) is 5.56 Å². The van der Waals surface area contributed by atoms with Crippen molar-refractivity contribution in [2.45, 2.75) is 30.8 Å². The number of halogens is 1. The van der Waals surface area contributed by atoms with E-state index in [1.165, 1.54) is 11.8 Å². The molecule has 0 saturated heterocycles. The highest BCUT2D eigenvalue weighted by Crippen LogP contribution is 2.31. The van der Waals surface area contributed by atoms with Crippen molar-refractivity contribution in [1.29, 1.82) is 0 Å². The molecule has 1 unspecified atom stereocenters. The second-order valence-corrected chi connectivity index (χ2v) is 8.21. The topological polar surface area (TPSA) is 72.7 Å². The van der Waals surface area contributed by atoms with Crippen LogP contribution in [0.3, 0.4) is 0 Å². The number of anilines is 1. The standard InChI is InChI=1S/C21H22ClN5OS/c1-4-13-27-19(15-9-11-23-12-10-15)25-26-21(27)29-18(14(2)3)20(28)24-17-8-6-5-7-16(17)22/h4-12,14,18H,1,13H2,2-3H3,(H,24,28). The van der Waals surface area contributed by atoms with Crippen LogP contribution in [-0.4, -0.2) is 30.9 Å². The maximum atomic E-state index is 13.0. The number of nitrogens with zero attached hydrogens (tertiary/aromatic N) is 4. The summed E-state index contributed by atoms with van der Waals surface area (Å²) in [7, 11) is 0. The normalized spacial score (nSPS) is 12.0. The van der Waals surface area contributed by atoms with Crippen molar-refractivity contribution in [3.63, 3.8) is 0 Å². The average Bonchev–Trinajstić information content (AvgIpc) is 3.11. The minimum absolute atomic E-state index is 0.0701. The number of allylic oxidation sites excluding steroid dienone is 1. The fraction of sp³-hybridized carbons (Fsp3) is 0.238. The van der Waals surface area contributed by atoms with Gasteiger partial charge >= 0.3 is 0 Å². The molecule has 8 heteroatoms. The number of carbonyl (C=O) groups excluding carboxylic acids is 1. The van der Waals surface area contributed by atoms with Crippen LogP contribution in [0.4, 0.5) is 5.69 Å². The van der Waals surface area contributed by atoms with Gasteiger partial charge in [0.1, 0.15) is 0 Å². The maximum Gasteiger partial charge on any atom is 0.238 e. The summed E-state index contributed by atoms with van der Waals surface area (Å²) >= 11 is 7.57. The molecule has 0 spiro atoms. The van der Waals surface area contributed by atoms with E-state index in [-0.39, 0.29) is 17.1 Å². The van der Waals surface area contributed by atoms with Crippen LogP contribution in [0.15, 0.2) is 66.6 Å². The molecule has 6 nitrogen and oxygen atoms in total. The lowest BCUT2D eigenvalue weighted by Crippen LogP contribution is -2.30. The lowest BCUT2D eigenvalue weighted by atomic mass is 10.1. The number of para-hydroxylation sites is 1. The van der Waals surface area contributed by atoms with Gasteiger partial charge in [-0.2, -0.15) is 0 Å². The highest BCUT2D eigenvalue weighted by Gasteiger charge is 2.27. The van der Waals surface area contributed by atoms with Gasteiger partial charge in [0.25, 0.3) is 0 Å². The Morgan fingerprint density at radius 1 is 1.24 bits per heavy atom. The monoisotopic (exact) mass is 427 g/mol. The largest absolute Gasteiger partial charge is 0.324 e. The zero-order valence-corrected chi connectivity index (χ0v) is 17.8. The molecule has 29 heavy (non-hydrogen) atoms. The molecule has 1 atom stereocenters. The number of pyridine rings is 1. The molecule has 1 aromatic carbocycles. The minimum atomic E-state index is -0.371. The molecule has 3 rings (SSSR count). The zero-order chi connectivity index (χ0) is 20.8. The van der Waals surface area contributed by atoms with E-state index < -0.39 is 0 Å². The average molecular weight is 428 g/mol. The van der Waals surface area contributed by atoms with Crippen molar-refractivity contribution < 1.29 is 4.79 Å². The minimum Gasteiger partial charge on any atom is -0.324 e. The first-order chi connectivity index (χ1) is 14.0. The van der Waals surface area contributed by atoms with Crippen LogP contribution in [0.5, 0.6) is 0 Å². The quantitative estimate of drug-likeness (QED) is 0.407. The van der Waals surface area contributed by atoms with E-state index in [2.05, 4.69) is 27.1 Å². The second kappa shape index (κ2) is 9.71. The molecule has 0 aliphatic heterocycles. The predicted octanol–water partition coefficient (Wildman–Crippen LogP) is 4.93. The fourth-order valence-corrected chi connectivity index (χ4v) is 3.98. The third-order valence-corrected chi connectivity index (χ3v) is 6.05. The van der Waals surface area contributed by atoms with Crippen LogP contribution in [0, 0.1) is 5.92 Å². The third kappa shape index (κ3) is 5.05. The van der Waals surface area contributed by atoms with E-state index in [1.54, 1.807) is 30.6 Å². The molecule has 2 aromatic heterocycles. The molecule has 0 aliphatic carbocycles. The molecule has 0 bridgehead atoms. The summed E-state index contributed by atoms with van der Waals surface area (Å²) in [6, 6.07) is 10.9. The van der Waals surface area contributed by atoms with E-state index in [0.29, 0.717) is 28.2 Å². The summed E-state index contributed by atoms with van der Waals surface area (Å²) < 4.78 is 1.95. The van der Waals surface area contributed by atoms with Gasteiger partial charge in [-0.15, -0.1) is 16.8 Å². The van der Waals surface area contributed by atoms with Crippen LogP contribution >= 0.6 is 23.4 Å². The number of aromatic nitrogens is 4. The first-order valence-electron chi connectivity index (χ1n) is 9.17. The number of nitrogens with one attached hydrogen (secondary N) is 1. The highest BCUT2D eigenvalue weighted by atomic mass is 35.5. The molecule has 2 heterocycles. The smallest absolute Gasteiger partial charge is 0.238 e. The Labute approximate surface area is 179 Å². The molecule has 150 valence electrons. The SMILES string of the molecule is C=CCn1c(SC(C(=O)Nc2ccccc2Cl)C(C)C)nnc1-c1ccncc1. The van der Waals surface area contributed by atoms with Gasteiger partial charge in [-0.25, -0.2) is 0 Å². The summed E-state index contributed by atoms with van der Waals surface area (Å²) in [5.41, 5.74) is 1.50. The molecule has 1 N–H and O–H groups in total. The lowest BCUT2D eigenvalue weighted by Gasteiger charge is -2.20. The Hall–Kier alpha value is -2.64. The molecule has 0 aliphatic rings. The molecule has 0 saturated carbocycles. The highest BCUT2D eigenvalue weighted by molar-refractivity contribution is 8.00. The Bertz CT molecular complexity index is 990. The molecule has 3 aromatic rings. The number of hydrogen-bond donors (Lipinski definition) is 1. The molecular weight excluding hydrogens is 406 g/mol. The fourth-order valence-electron chi connectivity index (χ4n) is 2.76. The number of carbonyl (C=O) groups is 1. The van der Waals surface area contributed by atoms with Crippen LogP contribution in [0.1, 0.15) is 13.8 Å². The van der Waals surface area contributed by atoms with Gasteiger partial charge < -0.3 is 5.32 Å². The van der Waals surface area contributed by atoms with Gasteiger partial charge in [-0.1, -0.05) is 55.4 Å². The maximum absolute atomic E-state index is 13.0. The van der Waals surface area contributed by atoms with Gasteiger partial charge in [0.15, 0.2) is 11.0 Å². The zero-order valence-electron chi connectivity index (χ0n) is 16.2. The molecule has 0 radical (unpaired) electrons. The third-order valence-electron chi connectivity index (χ3n) is 4.20. The Balaban J connectivity index is 1.87. The van der Waals surface area contributed by atoms with Crippen molar-refractivity contribution in [2.24, 2.45) is 5.92 Å². The van der Waals surface area contributed by atoms with E-state index >= 15 is 0 Å². The lowest BCUT2D eigenvalue weighted by molar-refractivity contribution is -0.116. The van der Waals surface area contributed by atoms with Crippen molar-refractivity contribution in [3.05, 3.63) is 66.5 Å². The Morgan fingerprint density at radius 2 is 1.97 bits per heavy atom. The summed E-state index contributed by atoms with van der Waals surface area (Å²) in [6.07, 6.45) is 5.21. The predicted molar refractivity (Wildman–Crippen MR) is 118 cm³/mol. The summed E-state index contributed by atoms with van der Waals surface area (Å²) in [5, 5.41) is 12.4. The molecule has 0 fully saturated rings. The molecular formula is C21H22ClN5OS. The number of rotatable bonds is 8. The first-order valence-corrected chi connectivity index (χ1v) is 10.4. The van der Waals surface area contributed by atoms with Crippen LogP contribution in [0.2, 0.25) is 5.02 Å². The number of benzene rings is 1. The van der Waals surface area contributed by atoms with Gasteiger partial charge in [0.2, 0.25) is 5.91 Å². The van der Waals surface area contributed by atoms with Gasteiger partial charge in [-0.05, 0) is 30.2 Å². The van der Waals surface area contributed by atoms with E-state index in [4.69, 9.17) is 11.6 Å². The van der Waals surface area contributed by atoms with Crippen molar-refractivity contribution >= 4 is 35.0 Å². The van der Waals surface area contributed by atoms with Gasteiger partial charge in [0, 0.05) is 24.5 Å². The van der Waals surface area contributed by atoms with E-state index in [9.17, 15) is 4.79 Å². The van der Waals surface area contributed by atoms with Crippen LogP contribution < -0.4 is 5.32 Å². The van der Waals surface area contributed by atoms with E-state index in [1.807, 2.05) is 42.7 Å². The Kier molecular flexibility index (Phi) is 7.06. The number of amides is 1. The van der Waals surface area contributed by atoms with Crippen molar-refractivity contribution in [1.82, 2.24) is 19.7 Å². The second-order valence-electron chi connectivity index (χ2n) is 6.69. The Morgan fingerprint density at radius 3 is 2.62 bits per heavy atom.